The standard InChI is InChI=1S/C16H21NO4S/c1-11-3-4-14(12(2)7-11)22-10-15(18)17-5-6-21-13(9-17)8-16(19)20/h3-4,7,13H,5-6,8-10H2,1-2H3,(H,19,20). The van der Waals surface area contributed by atoms with E-state index in [1.807, 2.05) is 26.0 Å². The number of hydrogen-bond donors (Lipinski definition) is 1. The molecule has 0 spiro atoms. The molecule has 2 rings (SSSR count). The summed E-state index contributed by atoms with van der Waals surface area (Å²) < 4.78 is 5.38. The largest absolute Gasteiger partial charge is 0.481 e. The summed E-state index contributed by atoms with van der Waals surface area (Å²) in [6.45, 7) is 5.37. The van der Waals surface area contributed by atoms with Crippen molar-refractivity contribution in [2.24, 2.45) is 0 Å². The smallest absolute Gasteiger partial charge is 0.306 e. The number of carboxylic acids is 1. The van der Waals surface area contributed by atoms with Crippen LogP contribution < -0.4 is 0 Å². The first-order valence-corrected chi connectivity index (χ1v) is 8.25. The molecule has 0 saturated carbocycles. The van der Waals surface area contributed by atoms with Crippen LogP contribution in [0.4, 0.5) is 0 Å². The number of aliphatic carboxylic acids is 1. The summed E-state index contributed by atoms with van der Waals surface area (Å²) in [5.41, 5.74) is 2.38. The minimum atomic E-state index is -0.899. The number of amides is 1. The summed E-state index contributed by atoms with van der Waals surface area (Å²) in [7, 11) is 0. The maximum absolute atomic E-state index is 12.3. The molecule has 1 aromatic rings. The average molecular weight is 323 g/mol. The lowest BCUT2D eigenvalue weighted by atomic mass is 10.2. The zero-order valence-electron chi connectivity index (χ0n) is 12.9. The van der Waals surface area contributed by atoms with Crippen LogP contribution in [-0.2, 0) is 14.3 Å². The summed E-state index contributed by atoms with van der Waals surface area (Å²) in [6.07, 6.45) is -0.463. The van der Waals surface area contributed by atoms with Gasteiger partial charge < -0.3 is 14.7 Å². The molecule has 1 aliphatic heterocycles. The van der Waals surface area contributed by atoms with Crippen LogP contribution in [0.2, 0.25) is 0 Å². The Bertz CT molecular complexity index is 561. The van der Waals surface area contributed by atoms with Gasteiger partial charge in [0.2, 0.25) is 5.91 Å². The second-order valence-electron chi connectivity index (χ2n) is 5.49. The predicted molar refractivity (Wildman–Crippen MR) is 85.2 cm³/mol. The van der Waals surface area contributed by atoms with Crippen molar-refractivity contribution in [1.82, 2.24) is 4.90 Å². The lowest BCUT2D eigenvalue weighted by Gasteiger charge is -2.32. The lowest BCUT2D eigenvalue weighted by Crippen LogP contribution is -2.46. The Kier molecular flexibility index (Phi) is 5.85. The average Bonchev–Trinajstić information content (AvgIpc) is 2.45. The fourth-order valence-electron chi connectivity index (χ4n) is 2.46. The van der Waals surface area contributed by atoms with E-state index < -0.39 is 12.1 Å². The number of morpholine rings is 1. The van der Waals surface area contributed by atoms with Crippen LogP contribution in [0.15, 0.2) is 23.1 Å². The highest BCUT2D eigenvalue weighted by molar-refractivity contribution is 8.00. The van der Waals surface area contributed by atoms with Gasteiger partial charge in [-0.1, -0.05) is 17.7 Å². The van der Waals surface area contributed by atoms with E-state index in [4.69, 9.17) is 9.84 Å². The summed E-state index contributed by atoms with van der Waals surface area (Å²) in [5, 5.41) is 8.81. The number of benzene rings is 1. The van der Waals surface area contributed by atoms with Crippen molar-refractivity contribution >= 4 is 23.6 Å². The van der Waals surface area contributed by atoms with E-state index in [-0.39, 0.29) is 12.3 Å². The summed E-state index contributed by atoms with van der Waals surface area (Å²) in [4.78, 5) is 25.8. The Morgan fingerprint density at radius 1 is 1.41 bits per heavy atom. The number of rotatable bonds is 5. The summed E-state index contributed by atoms with van der Waals surface area (Å²) in [6, 6.07) is 6.18. The highest BCUT2D eigenvalue weighted by Gasteiger charge is 2.25. The Morgan fingerprint density at radius 2 is 2.18 bits per heavy atom. The maximum Gasteiger partial charge on any atom is 0.306 e. The minimum absolute atomic E-state index is 0.0312. The van der Waals surface area contributed by atoms with Gasteiger partial charge in [0, 0.05) is 18.0 Å². The van der Waals surface area contributed by atoms with Crippen LogP contribution in [-0.4, -0.2) is 53.4 Å². The Morgan fingerprint density at radius 3 is 2.86 bits per heavy atom. The van der Waals surface area contributed by atoms with Crippen LogP contribution in [0, 0.1) is 13.8 Å². The molecule has 5 nitrogen and oxygen atoms in total. The van der Waals surface area contributed by atoms with Crippen LogP contribution in [0.1, 0.15) is 17.5 Å². The molecule has 22 heavy (non-hydrogen) atoms. The molecule has 1 aromatic carbocycles. The molecular formula is C16H21NO4S. The summed E-state index contributed by atoms with van der Waals surface area (Å²) in [5.74, 6) is -0.503. The van der Waals surface area contributed by atoms with Gasteiger partial charge in [-0.2, -0.15) is 0 Å². The predicted octanol–water partition coefficient (Wildman–Crippen LogP) is 2.10. The van der Waals surface area contributed by atoms with Gasteiger partial charge in [0.25, 0.3) is 0 Å². The SMILES string of the molecule is Cc1ccc(SCC(=O)N2CCOC(CC(=O)O)C2)c(C)c1. The number of carbonyl (C=O) groups is 2. The van der Waals surface area contributed by atoms with Crippen LogP contribution >= 0.6 is 11.8 Å². The van der Waals surface area contributed by atoms with Gasteiger partial charge in [0.05, 0.1) is 24.9 Å². The molecule has 1 N–H and O–H groups in total. The molecule has 1 heterocycles. The summed E-state index contributed by atoms with van der Waals surface area (Å²) >= 11 is 1.52. The van der Waals surface area contributed by atoms with Gasteiger partial charge in [0.1, 0.15) is 0 Å². The normalized spacial score (nSPS) is 18.3. The highest BCUT2D eigenvalue weighted by Crippen LogP contribution is 2.24. The molecule has 0 aliphatic carbocycles. The van der Waals surface area contributed by atoms with Crippen molar-refractivity contribution in [3.05, 3.63) is 29.3 Å². The second-order valence-corrected chi connectivity index (χ2v) is 6.51. The van der Waals surface area contributed by atoms with E-state index in [0.29, 0.717) is 25.4 Å². The van der Waals surface area contributed by atoms with E-state index in [1.165, 1.54) is 22.9 Å². The fraction of sp³-hybridized carbons (Fsp3) is 0.500. The second kappa shape index (κ2) is 7.65. The van der Waals surface area contributed by atoms with Crippen LogP contribution in [0.25, 0.3) is 0 Å². The third kappa shape index (κ3) is 4.74. The van der Waals surface area contributed by atoms with Gasteiger partial charge in [-0.25, -0.2) is 0 Å². The zero-order valence-corrected chi connectivity index (χ0v) is 13.7. The van der Waals surface area contributed by atoms with Crippen molar-refractivity contribution in [2.75, 3.05) is 25.4 Å². The van der Waals surface area contributed by atoms with Crippen LogP contribution in [0.5, 0.6) is 0 Å². The monoisotopic (exact) mass is 323 g/mol. The number of nitrogens with zero attached hydrogens (tertiary/aromatic N) is 1. The Labute approximate surface area is 134 Å². The zero-order chi connectivity index (χ0) is 16.1. The van der Waals surface area contributed by atoms with Gasteiger partial charge in [-0.3, -0.25) is 9.59 Å². The number of hydrogen-bond acceptors (Lipinski definition) is 4. The Balaban J connectivity index is 1.87. The first-order valence-electron chi connectivity index (χ1n) is 7.27. The topological polar surface area (TPSA) is 66.8 Å². The van der Waals surface area contributed by atoms with E-state index in [1.54, 1.807) is 4.90 Å². The Hall–Kier alpha value is -1.53. The number of aryl methyl sites for hydroxylation is 2. The van der Waals surface area contributed by atoms with Crippen molar-refractivity contribution in [1.29, 1.82) is 0 Å². The van der Waals surface area contributed by atoms with Crippen LogP contribution in [0.3, 0.4) is 0 Å². The maximum atomic E-state index is 12.3. The molecule has 1 unspecified atom stereocenters. The third-order valence-corrected chi connectivity index (χ3v) is 4.74. The van der Waals surface area contributed by atoms with Gasteiger partial charge >= 0.3 is 5.97 Å². The van der Waals surface area contributed by atoms with E-state index in [2.05, 4.69) is 6.07 Å². The molecule has 1 aliphatic rings. The number of thioether (sulfide) groups is 1. The minimum Gasteiger partial charge on any atom is -0.481 e. The first kappa shape index (κ1) is 16.8. The van der Waals surface area contributed by atoms with Crippen molar-refractivity contribution in [2.45, 2.75) is 31.3 Å². The van der Waals surface area contributed by atoms with E-state index >= 15 is 0 Å². The molecular weight excluding hydrogens is 302 g/mol. The van der Waals surface area contributed by atoms with Crippen molar-refractivity contribution in [3.8, 4) is 0 Å². The number of carbonyl (C=O) groups excluding carboxylic acids is 1. The highest BCUT2D eigenvalue weighted by atomic mass is 32.2. The molecule has 0 bridgehead atoms. The molecule has 0 aromatic heterocycles. The van der Waals surface area contributed by atoms with Gasteiger partial charge in [-0.15, -0.1) is 11.8 Å². The van der Waals surface area contributed by atoms with E-state index in [0.717, 1.165) is 4.90 Å². The molecule has 1 amide bonds. The molecule has 120 valence electrons. The van der Waals surface area contributed by atoms with Crippen molar-refractivity contribution in [3.63, 3.8) is 0 Å². The molecule has 1 atom stereocenters. The number of ether oxygens (including phenoxy) is 1. The van der Waals surface area contributed by atoms with Gasteiger partial charge in [0.15, 0.2) is 0 Å². The number of carboxylic acid groups (broad SMARTS) is 1. The molecule has 1 fully saturated rings. The fourth-order valence-corrected chi connectivity index (χ4v) is 3.37. The molecule has 0 radical (unpaired) electrons. The molecule has 6 heteroatoms. The third-order valence-electron chi connectivity index (χ3n) is 3.58. The lowest BCUT2D eigenvalue weighted by molar-refractivity contribution is -0.146. The first-order chi connectivity index (χ1) is 10.5. The van der Waals surface area contributed by atoms with E-state index in [9.17, 15) is 9.59 Å². The van der Waals surface area contributed by atoms with Gasteiger partial charge in [-0.05, 0) is 25.5 Å². The quantitative estimate of drug-likeness (QED) is 0.841. The molecule has 1 saturated heterocycles. The van der Waals surface area contributed by atoms with Crippen molar-refractivity contribution < 1.29 is 19.4 Å².